The Morgan fingerprint density at radius 2 is 2.24 bits per heavy atom. The maximum atomic E-state index is 12.5. The number of rotatable bonds is 9. The molecular weight excluding hydrogens is 352 g/mol. The topological polar surface area (TPSA) is 58.1 Å². The second kappa shape index (κ2) is 8.67. The van der Waals surface area contributed by atoms with E-state index in [1.165, 1.54) is 41.5 Å². The molecule has 7 heteroatoms. The van der Waals surface area contributed by atoms with E-state index in [1.54, 1.807) is 0 Å². The van der Waals surface area contributed by atoms with Gasteiger partial charge in [-0.25, -0.2) is 0 Å². The third-order valence-electron chi connectivity index (χ3n) is 4.02. The normalized spacial score (nSPS) is 13.7. The zero-order chi connectivity index (χ0) is 17.6. The van der Waals surface area contributed by atoms with E-state index in [9.17, 15) is 4.79 Å². The average Bonchev–Trinajstić information content (AvgIpc) is 3.30. The number of thioether (sulfide) groups is 1. The molecule has 0 radical (unpaired) electrons. The minimum absolute atomic E-state index is 0.210. The fourth-order valence-corrected chi connectivity index (χ4v) is 4.25. The highest BCUT2D eigenvalue weighted by molar-refractivity contribution is 8.01. The van der Waals surface area contributed by atoms with Crippen LogP contribution >= 0.6 is 23.1 Å². The third-order valence-corrected chi connectivity index (χ3v) is 5.97. The molecule has 0 unspecified atom stereocenters. The van der Waals surface area contributed by atoms with Crippen molar-refractivity contribution in [2.24, 2.45) is 5.92 Å². The number of benzene rings is 1. The SMILES string of the molecule is CCCN(CC1CC1)C(=O)CSc1nnc(Nc2cccc(C)c2)s1. The summed E-state index contributed by atoms with van der Waals surface area (Å²) in [5.74, 6) is 1.38. The van der Waals surface area contributed by atoms with Crippen molar-refractivity contribution in [2.75, 3.05) is 24.2 Å². The number of aryl methyl sites for hydroxylation is 1. The molecule has 0 atom stereocenters. The molecule has 2 aromatic rings. The number of nitrogens with one attached hydrogen (secondary N) is 1. The van der Waals surface area contributed by atoms with Crippen molar-refractivity contribution in [3.05, 3.63) is 29.8 Å². The highest BCUT2D eigenvalue weighted by atomic mass is 32.2. The van der Waals surface area contributed by atoms with Crippen LogP contribution in [0.1, 0.15) is 31.7 Å². The van der Waals surface area contributed by atoms with Gasteiger partial charge in [0.1, 0.15) is 0 Å². The lowest BCUT2D eigenvalue weighted by molar-refractivity contribution is -0.128. The molecule has 0 saturated heterocycles. The Morgan fingerprint density at radius 3 is 2.96 bits per heavy atom. The van der Waals surface area contributed by atoms with Crippen molar-refractivity contribution in [1.29, 1.82) is 0 Å². The van der Waals surface area contributed by atoms with Gasteiger partial charge in [0.15, 0.2) is 4.34 Å². The van der Waals surface area contributed by atoms with Gasteiger partial charge in [-0.15, -0.1) is 10.2 Å². The van der Waals surface area contributed by atoms with Crippen LogP contribution in [0.3, 0.4) is 0 Å². The maximum absolute atomic E-state index is 12.5. The van der Waals surface area contributed by atoms with Crippen molar-refractivity contribution >= 4 is 39.8 Å². The number of nitrogens with zero attached hydrogens (tertiary/aromatic N) is 3. The van der Waals surface area contributed by atoms with Crippen LogP contribution in [0.4, 0.5) is 10.8 Å². The van der Waals surface area contributed by atoms with Gasteiger partial charge >= 0.3 is 0 Å². The first-order valence-corrected chi connectivity index (χ1v) is 10.5. The molecule has 0 spiro atoms. The van der Waals surface area contributed by atoms with E-state index in [2.05, 4.69) is 41.5 Å². The second-order valence-electron chi connectivity index (χ2n) is 6.44. The molecule has 5 nitrogen and oxygen atoms in total. The summed E-state index contributed by atoms with van der Waals surface area (Å²) in [7, 11) is 0. The van der Waals surface area contributed by atoms with Crippen LogP contribution in [0.5, 0.6) is 0 Å². The number of carbonyl (C=O) groups is 1. The van der Waals surface area contributed by atoms with Gasteiger partial charge in [0.05, 0.1) is 5.75 Å². The molecule has 1 aliphatic carbocycles. The summed E-state index contributed by atoms with van der Waals surface area (Å²) in [6.07, 6.45) is 3.54. The molecule has 1 fully saturated rings. The van der Waals surface area contributed by atoms with E-state index in [-0.39, 0.29) is 5.91 Å². The molecule has 0 aliphatic heterocycles. The number of aromatic nitrogens is 2. The predicted octanol–water partition coefficient (Wildman–Crippen LogP) is 4.33. The minimum Gasteiger partial charge on any atom is -0.342 e. The van der Waals surface area contributed by atoms with Crippen molar-refractivity contribution in [2.45, 2.75) is 37.4 Å². The number of hydrogen-bond acceptors (Lipinski definition) is 6. The van der Waals surface area contributed by atoms with E-state index in [1.807, 2.05) is 17.0 Å². The van der Waals surface area contributed by atoms with E-state index in [0.29, 0.717) is 5.75 Å². The summed E-state index contributed by atoms with van der Waals surface area (Å²) < 4.78 is 0.825. The average molecular weight is 377 g/mol. The summed E-state index contributed by atoms with van der Waals surface area (Å²) in [4.78, 5) is 14.5. The summed E-state index contributed by atoms with van der Waals surface area (Å²) in [6, 6.07) is 8.14. The van der Waals surface area contributed by atoms with Crippen LogP contribution in [0.2, 0.25) is 0 Å². The van der Waals surface area contributed by atoms with Crippen molar-refractivity contribution in [1.82, 2.24) is 15.1 Å². The quantitative estimate of drug-likeness (QED) is 0.660. The Morgan fingerprint density at radius 1 is 1.40 bits per heavy atom. The van der Waals surface area contributed by atoms with Crippen LogP contribution in [-0.2, 0) is 4.79 Å². The van der Waals surface area contributed by atoms with Gasteiger partial charge in [0.25, 0.3) is 0 Å². The molecule has 1 heterocycles. The van der Waals surface area contributed by atoms with E-state index < -0.39 is 0 Å². The number of amides is 1. The Bertz CT molecular complexity index is 715. The Labute approximate surface area is 157 Å². The van der Waals surface area contributed by atoms with Gasteiger partial charge < -0.3 is 10.2 Å². The van der Waals surface area contributed by atoms with Crippen LogP contribution in [-0.4, -0.2) is 39.8 Å². The lowest BCUT2D eigenvalue weighted by Crippen LogP contribution is -2.34. The highest BCUT2D eigenvalue weighted by Crippen LogP contribution is 2.31. The molecule has 1 N–H and O–H groups in total. The molecule has 1 aromatic carbocycles. The number of hydrogen-bond donors (Lipinski definition) is 1. The van der Waals surface area contributed by atoms with E-state index >= 15 is 0 Å². The summed E-state index contributed by atoms with van der Waals surface area (Å²) in [5.41, 5.74) is 2.20. The van der Waals surface area contributed by atoms with Crippen molar-refractivity contribution in [3.8, 4) is 0 Å². The summed E-state index contributed by atoms with van der Waals surface area (Å²) in [6.45, 7) is 5.95. The van der Waals surface area contributed by atoms with Gasteiger partial charge in [-0.1, -0.05) is 42.2 Å². The van der Waals surface area contributed by atoms with Crippen molar-refractivity contribution < 1.29 is 4.79 Å². The van der Waals surface area contributed by atoms with Crippen LogP contribution < -0.4 is 5.32 Å². The van der Waals surface area contributed by atoms with Crippen LogP contribution in [0.25, 0.3) is 0 Å². The fraction of sp³-hybridized carbons (Fsp3) is 0.500. The highest BCUT2D eigenvalue weighted by Gasteiger charge is 2.26. The van der Waals surface area contributed by atoms with Gasteiger partial charge in [-0.3, -0.25) is 4.79 Å². The first-order valence-electron chi connectivity index (χ1n) is 8.72. The van der Waals surface area contributed by atoms with Crippen LogP contribution in [0, 0.1) is 12.8 Å². The molecule has 25 heavy (non-hydrogen) atoms. The largest absolute Gasteiger partial charge is 0.342 e. The molecular formula is C18H24N4OS2. The Kier molecular flexibility index (Phi) is 6.31. The van der Waals surface area contributed by atoms with E-state index in [4.69, 9.17) is 0 Å². The lowest BCUT2D eigenvalue weighted by atomic mass is 10.2. The summed E-state index contributed by atoms with van der Waals surface area (Å²) >= 11 is 2.96. The third kappa shape index (κ3) is 5.71. The monoisotopic (exact) mass is 376 g/mol. The van der Waals surface area contributed by atoms with Gasteiger partial charge in [0.2, 0.25) is 11.0 Å². The second-order valence-corrected chi connectivity index (χ2v) is 8.64. The first-order chi connectivity index (χ1) is 12.1. The zero-order valence-electron chi connectivity index (χ0n) is 14.7. The summed E-state index contributed by atoms with van der Waals surface area (Å²) in [5, 5.41) is 12.4. The van der Waals surface area contributed by atoms with Gasteiger partial charge in [-0.05, 0) is 49.8 Å². The molecule has 3 rings (SSSR count). The molecule has 134 valence electrons. The Balaban J connectivity index is 1.51. The Hall–Kier alpha value is -1.60. The maximum Gasteiger partial charge on any atom is 0.233 e. The van der Waals surface area contributed by atoms with Gasteiger partial charge in [-0.2, -0.15) is 0 Å². The smallest absolute Gasteiger partial charge is 0.233 e. The lowest BCUT2D eigenvalue weighted by Gasteiger charge is -2.21. The molecule has 1 saturated carbocycles. The minimum atomic E-state index is 0.210. The molecule has 0 bridgehead atoms. The standard InChI is InChI=1S/C18H24N4OS2/c1-3-9-22(11-14-7-8-14)16(23)12-24-18-21-20-17(25-18)19-15-6-4-5-13(2)10-15/h4-6,10,14H,3,7-9,11-12H2,1-2H3,(H,19,20). The van der Waals surface area contributed by atoms with Gasteiger partial charge in [0, 0.05) is 18.8 Å². The molecule has 1 amide bonds. The number of carbonyl (C=O) groups excluding carboxylic acids is 1. The van der Waals surface area contributed by atoms with Crippen LogP contribution in [0.15, 0.2) is 28.6 Å². The molecule has 1 aromatic heterocycles. The fourth-order valence-electron chi connectivity index (χ4n) is 2.58. The number of anilines is 2. The van der Waals surface area contributed by atoms with Crippen molar-refractivity contribution in [3.63, 3.8) is 0 Å². The molecule has 1 aliphatic rings. The predicted molar refractivity (Wildman–Crippen MR) is 105 cm³/mol. The van der Waals surface area contributed by atoms with E-state index in [0.717, 1.165) is 40.6 Å². The first kappa shape index (κ1) is 18.2. The zero-order valence-corrected chi connectivity index (χ0v) is 16.3.